The van der Waals surface area contributed by atoms with Crippen LogP contribution in [-0.4, -0.2) is 56.3 Å². The maximum Gasteiger partial charge on any atom is 0.246 e. The number of rotatable bonds is 5. The van der Waals surface area contributed by atoms with Crippen LogP contribution >= 0.6 is 0 Å². The molecule has 0 bridgehead atoms. The van der Waals surface area contributed by atoms with Crippen molar-refractivity contribution in [1.82, 2.24) is 9.21 Å². The molecule has 9 heteroatoms. The zero-order valence-electron chi connectivity index (χ0n) is 15.4. The number of sulfonamides is 1. The predicted molar refractivity (Wildman–Crippen MR) is 101 cm³/mol. The minimum atomic E-state index is -4.05. The largest absolute Gasteiger partial charge is 0.325 e. The van der Waals surface area contributed by atoms with E-state index in [0.29, 0.717) is 24.8 Å². The SMILES string of the molecule is Cc1cccc(NC(=O)CN2CCN(S(=O)(=O)c3ccc(F)cc3F)CC2)c1. The van der Waals surface area contributed by atoms with E-state index in [-0.39, 0.29) is 25.5 Å². The van der Waals surface area contributed by atoms with Gasteiger partial charge in [0.05, 0.1) is 6.54 Å². The van der Waals surface area contributed by atoms with E-state index in [0.717, 1.165) is 22.0 Å². The molecule has 1 fully saturated rings. The van der Waals surface area contributed by atoms with E-state index < -0.39 is 26.6 Å². The van der Waals surface area contributed by atoms with Crippen LogP contribution in [0.3, 0.4) is 0 Å². The van der Waals surface area contributed by atoms with Crippen molar-refractivity contribution >= 4 is 21.6 Å². The highest BCUT2D eigenvalue weighted by Gasteiger charge is 2.31. The number of anilines is 1. The average molecular weight is 409 g/mol. The fourth-order valence-corrected chi connectivity index (χ4v) is 4.55. The van der Waals surface area contributed by atoms with Crippen LogP contribution in [0.25, 0.3) is 0 Å². The van der Waals surface area contributed by atoms with E-state index in [1.165, 1.54) is 0 Å². The highest BCUT2D eigenvalue weighted by Crippen LogP contribution is 2.21. The number of hydrogen-bond donors (Lipinski definition) is 1. The molecular formula is C19H21F2N3O3S. The van der Waals surface area contributed by atoms with E-state index in [1.807, 2.05) is 30.0 Å². The van der Waals surface area contributed by atoms with Crippen molar-refractivity contribution in [3.63, 3.8) is 0 Å². The molecule has 0 radical (unpaired) electrons. The summed E-state index contributed by atoms with van der Waals surface area (Å²) in [5.74, 6) is -2.13. The first-order valence-corrected chi connectivity index (χ1v) is 10.2. The number of carbonyl (C=O) groups excluding carboxylic acids is 1. The molecule has 150 valence electrons. The van der Waals surface area contributed by atoms with Gasteiger partial charge in [0.2, 0.25) is 15.9 Å². The fraction of sp³-hybridized carbons (Fsp3) is 0.316. The first-order valence-electron chi connectivity index (χ1n) is 8.80. The van der Waals surface area contributed by atoms with Gasteiger partial charge >= 0.3 is 0 Å². The smallest absolute Gasteiger partial charge is 0.246 e. The summed E-state index contributed by atoms with van der Waals surface area (Å²) in [6.45, 7) is 2.98. The summed E-state index contributed by atoms with van der Waals surface area (Å²) in [7, 11) is -4.05. The molecule has 3 rings (SSSR count). The lowest BCUT2D eigenvalue weighted by atomic mass is 10.2. The minimum Gasteiger partial charge on any atom is -0.325 e. The van der Waals surface area contributed by atoms with Gasteiger partial charge < -0.3 is 5.32 Å². The minimum absolute atomic E-state index is 0.122. The van der Waals surface area contributed by atoms with Crippen molar-refractivity contribution in [2.24, 2.45) is 0 Å². The second kappa shape index (κ2) is 8.34. The number of nitrogens with one attached hydrogen (secondary N) is 1. The summed E-state index contributed by atoms with van der Waals surface area (Å²) in [4.78, 5) is 13.5. The van der Waals surface area contributed by atoms with Gasteiger partial charge in [-0.25, -0.2) is 17.2 Å². The normalized spacial score (nSPS) is 16.1. The zero-order valence-corrected chi connectivity index (χ0v) is 16.2. The molecule has 1 saturated heterocycles. The molecule has 1 aliphatic heterocycles. The third-order valence-electron chi connectivity index (χ3n) is 4.51. The molecule has 0 unspecified atom stereocenters. The molecular weight excluding hydrogens is 388 g/mol. The van der Waals surface area contributed by atoms with E-state index in [4.69, 9.17) is 0 Å². The highest BCUT2D eigenvalue weighted by molar-refractivity contribution is 7.89. The summed E-state index contributed by atoms with van der Waals surface area (Å²) >= 11 is 0. The molecule has 0 aromatic heterocycles. The number of carbonyl (C=O) groups is 1. The van der Waals surface area contributed by atoms with Crippen LogP contribution < -0.4 is 5.32 Å². The van der Waals surface area contributed by atoms with Crippen LogP contribution in [-0.2, 0) is 14.8 Å². The van der Waals surface area contributed by atoms with Crippen LogP contribution in [0.15, 0.2) is 47.4 Å². The Balaban J connectivity index is 1.57. The van der Waals surface area contributed by atoms with Gasteiger partial charge in [-0.3, -0.25) is 9.69 Å². The monoisotopic (exact) mass is 409 g/mol. The Bertz CT molecular complexity index is 974. The lowest BCUT2D eigenvalue weighted by Gasteiger charge is -2.33. The molecule has 2 aromatic carbocycles. The van der Waals surface area contributed by atoms with Crippen molar-refractivity contribution in [3.05, 3.63) is 59.7 Å². The lowest BCUT2D eigenvalue weighted by molar-refractivity contribution is -0.117. The molecule has 0 spiro atoms. The van der Waals surface area contributed by atoms with E-state index >= 15 is 0 Å². The first-order chi connectivity index (χ1) is 13.3. The van der Waals surface area contributed by atoms with Crippen molar-refractivity contribution in [2.45, 2.75) is 11.8 Å². The molecule has 0 saturated carbocycles. The maximum absolute atomic E-state index is 13.9. The molecule has 6 nitrogen and oxygen atoms in total. The fourth-order valence-electron chi connectivity index (χ4n) is 3.08. The second-order valence-corrected chi connectivity index (χ2v) is 8.58. The molecule has 1 N–H and O–H groups in total. The Labute approximate surface area is 162 Å². The van der Waals surface area contributed by atoms with Crippen molar-refractivity contribution in [3.8, 4) is 0 Å². The molecule has 1 heterocycles. The topological polar surface area (TPSA) is 69.7 Å². The number of nitrogens with zero attached hydrogens (tertiary/aromatic N) is 2. The summed E-state index contributed by atoms with van der Waals surface area (Å²) in [5.41, 5.74) is 1.74. The number of hydrogen-bond acceptors (Lipinski definition) is 4. The Hall–Kier alpha value is -2.36. The molecule has 2 aromatic rings. The molecule has 28 heavy (non-hydrogen) atoms. The van der Waals surface area contributed by atoms with Gasteiger partial charge in [-0.15, -0.1) is 0 Å². The van der Waals surface area contributed by atoms with Crippen LogP contribution in [0, 0.1) is 18.6 Å². The van der Waals surface area contributed by atoms with Crippen LogP contribution in [0.2, 0.25) is 0 Å². The van der Waals surface area contributed by atoms with Gasteiger partial charge in [0.25, 0.3) is 0 Å². The molecule has 1 aliphatic rings. The maximum atomic E-state index is 13.9. The van der Waals surface area contributed by atoms with Gasteiger partial charge in [0, 0.05) is 37.9 Å². The summed E-state index contributed by atoms with van der Waals surface area (Å²) in [6, 6.07) is 9.84. The van der Waals surface area contributed by atoms with Crippen molar-refractivity contribution in [2.75, 3.05) is 38.0 Å². The first kappa shape index (κ1) is 20.4. The Morgan fingerprint density at radius 2 is 1.79 bits per heavy atom. The third kappa shape index (κ3) is 4.73. The standard InChI is InChI=1S/C19H21F2N3O3S/c1-14-3-2-4-16(11-14)22-19(25)13-23-7-9-24(10-8-23)28(26,27)18-6-5-15(20)12-17(18)21/h2-6,11-12H,7-10,13H2,1H3,(H,22,25). The van der Waals surface area contributed by atoms with Gasteiger partial charge in [-0.2, -0.15) is 4.31 Å². The highest BCUT2D eigenvalue weighted by atomic mass is 32.2. The predicted octanol–water partition coefficient (Wildman–Crippen LogP) is 2.22. The Morgan fingerprint density at radius 1 is 1.07 bits per heavy atom. The molecule has 1 amide bonds. The van der Waals surface area contributed by atoms with E-state index in [9.17, 15) is 22.0 Å². The third-order valence-corrected chi connectivity index (χ3v) is 6.44. The Kier molecular flexibility index (Phi) is 6.07. The van der Waals surface area contributed by atoms with Gasteiger partial charge in [-0.05, 0) is 36.8 Å². The van der Waals surface area contributed by atoms with Crippen LogP contribution in [0.4, 0.5) is 14.5 Å². The quantitative estimate of drug-likeness (QED) is 0.822. The number of piperazine rings is 1. The van der Waals surface area contributed by atoms with Crippen LogP contribution in [0.5, 0.6) is 0 Å². The van der Waals surface area contributed by atoms with Crippen molar-refractivity contribution < 1.29 is 22.0 Å². The van der Waals surface area contributed by atoms with Gasteiger partial charge in [0.15, 0.2) is 0 Å². The second-order valence-electron chi connectivity index (χ2n) is 6.67. The molecule has 0 atom stereocenters. The number of aryl methyl sites for hydroxylation is 1. The van der Waals surface area contributed by atoms with Gasteiger partial charge in [0.1, 0.15) is 16.5 Å². The molecule has 0 aliphatic carbocycles. The number of halogens is 2. The Morgan fingerprint density at radius 3 is 2.43 bits per heavy atom. The number of amides is 1. The zero-order chi connectivity index (χ0) is 20.3. The summed E-state index contributed by atoms with van der Waals surface area (Å²) in [6.07, 6.45) is 0. The van der Waals surface area contributed by atoms with Crippen molar-refractivity contribution in [1.29, 1.82) is 0 Å². The number of benzene rings is 2. The average Bonchev–Trinajstić information content (AvgIpc) is 2.61. The summed E-state index contributed by atoms with van der Waals surface area (Å²) in [5, 5.41) is 2.81. The van der Waals surface area contributed by atoms with E-state index in [1.54, 1.807) is 6.07 Å². The van der Waals surface area contributed by atoms with Gasteiger partial charge in [-0.1, -0.05) is 12.1 Å². The lowest BCUT2D eigenvalue weighted by Crippen LogP contribution is -2.50. The summed E-state index contributed by atoms with van der Waals surface area (Å²) < 4.78 is 53.2. The van der Waals surface area contributed by atoms with E-state index in [2.05, 4.69) is 5.32 Å². The van der Waals surface area contributed by atoms with Crippen LogP contribution in [0.1, 0.15) is 5.56 Å².